The Bertz CT molecular complexity index is 498. The minimum atomic E-state index is 0.706. The minimum Gasteiger partial charge on any atom is -0.0625 e. The van der Waals surface area contributed by atoms with Crippen molar-refractivity contribution in [1.82, 2.24) is 0 Å². The molecule has 0 amide bonds. The Morgan fingerprint density at radius 2 is 1.05 bits per heavy atom. The second-order valence-corrected chi connectivity index (χ2v) is 6.60. The van der Waals surface area contributed by atoms with Crippen molar-refractivity contribution in [2.45, 2.75) is 40.5 Å². The lowest BCUT2D eigenvalue weighted by Crippen LogP contribution is -1.95. The van der Waals surface area contributed by atoms with Gasteiger partial charge in [-0.25, -0.2) is 0 Å². The summed E-state index contributed by atoms with van der Waals surface area (Å²) in [6.45, 7) is 9.09. The van der Waals surface area contributed by atoms with Crippen LogP contribution in [0.5, 0.6) is 0 Å². The predicted octanol–water partition coefficient (Wildman–Crippen LogP) is 5.75. The van der Waals surface area contributed by atoms with Gasteiger partial charge in [-0.1, -0.05) is 76.2 Å². The third-order valence-electron chi connectivity index (χ3n) is 3.48. The highest BCUT2D eigenvalue weighted by Crippen LogP contribution is 2.23. The highest BCUT2D eigenvalue weighted by atomic mass is 14.1. The first-order valence-corrected chi connectivity index (χ1v) is 7.73. The lowest BCUT2D eigenvalue weighted by atomic mass is 9.95. The number of benzene rings is 2. The van der Waals surface area contributed by atoms with E-state index in [4.69, 9.17) is 0 Å². The summed E-state index contributed by atoms with van der Waals surface area (Å²) < 4.78 is 0. The fourth-order valence-electron chi connectivity index (χ4n) is 2.70. The van der Waals surface area contributed by atoms with Crippen molar-refractivity contribution in [3.8, 4) is 11.1 Å². The van der Waals surface area contributed by atoms with Crippen molar-refractivity contribution in [1.29, 1.82) is 0 Å². The average Bonchev–Trinajstić information content (AvgIpc) is 2.38. The van der Waals surface area contributed by atoms with Crippen LogP contribution in [0, 0.1) is 11.8 Å². The van der Waals surface area contributed by atoms with Gasteiger partial charge in [0.25, 0.3) is 0 Å². The molecule has 0 saturated carbocycles. The zero-order chi connectivity index (χ0) is 14.5. The van der Waals surface area contributed by atoms with Crippen LogP contribution in [-0.4, -0.2) is 0 Å². The highest BCUT2D eigenvalue weighted by molar-refractivity contribution is 5.65. The summed E-state index contributed by atoms with van der Waals surface area (Å²) in [6, 6.07) is 18.0. The molecule has 2 aromatic carbocycles. The molecule has 0 radical (unpaired) electrons. The van der Waals surface area contributed by atoms with E-state index in [9.17, 15) is 0 Å². The molecule has 0 spiro atoms. The predicted molar refractivity (Wildman–Crippen MR) is 89.0 cm³/mol. The Labute approximate surface area is 123 Å². The molecule has 0 bridgehead atoms. The van der Waals surface area contributed by atoms with Gasteiger partial charge in [-0.05, 0) is 46.9 Å². The van der Waals surface area contributed by atoms with Gasteiger partial charge in [-0.15, -0.1) is 0 Å². The molecule has 0 aliphatic heterocycles. The fraction of sp³-hybridized carbons (Fsp3) is 0.400. The van der Waals surface area contributed by atoms with Gasteiger partial charge in [-0.2, -0.15) is 0 Å². The summed E-state index contributed by atoms with van der Waals surface area (Å²) in [6.07, 6.45) is 2.30. The molecule has 0 nitrogen and oxygen atoms in total. The quantitative estimate of drug-likeness (QED) is 0.646. The second kappa shape index (κ2) is 6.74. The normalized spacial score (nSPS) is 11.3. The van der Waals surface area contributed by atoms with Crippen LogP contribution in [0.2, 0.25) is 0 Å². The molecular weight excluding hydrogens is 240 g/mol. The molecule has 0 atom stereocenters. The molecular formula is C20H26. The molecule has 0 saturated heterocycles. The molecule has 0 heterocycles. The van der Waals surface area contributed by atoms with Crippen molar-refractivity contribution in [2.75, 3.05) is 0 Å². The van der Waals surface area contributed by atoms with Crippen LogP contribution < -0.4 is 0 Å². The van der Waals surface area contributed by atoms with Crippen LogP contribution in [0.4, 0.5) is 0 Å². The maximum atomic E-state index is 2.34. The monoisotopic (exact) mass is 266 g/mol. The Balaban J connectivity index is 2.26. The Hall–Kier alpha value is -1.56. The number of hydrogen-bond donors (Lipinski definition) is 0. The van der Waals surface area contributed by atoms with Gasteiger partial charge in [0.15, 0.2) is 0 Å². The smallest absolute Gasteiger partial charge is 0.0181 e. The summed E-state index contributed by atoms with van der Waals surface area (Å²) >= 11 is 0. The Morgan fingerprint density at radius 1 is 0.650 bits per heavy atom. The lowest BCUT2D eigenvalue weighted by Gasteiger charge is -2.10. The highest BCUT2D eigenvalue weighted by Gasteiger charge is 2.04. The van der Waals surface area contributed by atoms with Gasteiger partial charge in [-0.3, -0.25) is 0 Å². The van der Waals surface area contributed by atoms with Crippen molar-refractivity contribution < 1.29 is 0 Å². The zero-order valence-electron chi connectivity index (χ0n) is 13.2. The lowest BCUT2D eigenvalue weighted by molar-refractivity contribution is 0.647. The summed E-state index contributed by atoms with van der Waals surface area (Å²) in [5.74, 6) is 1.41. The van der Waals surface area contributed by atoms with Crippen LogP contribution in [0.3, 0.4) is 0 Å². The standard InChI is InChI=1S/C20H26/c1-15(2)11-17-7-5-9-19(13-17)20-10-6-8-18(14-20)12-16(3)4/h5-10,13-16H,11-12H2,1-4H3. The van der Waals surface area contributed by atoms with E-state index in [1.165, 1.54) is 22.3 Å². The van der Waals surface area contributed by atoms with E-state index in [1.807, 2.05) is 0 Å². The average molecular weight is 266 g/mol. The van der Waals surface area contributed by atoms with Gasteiger partial charge >= 0.3 is 0 Å². The van der Waals surface area contributed by atoms with Crippen LogP contribution in [0.1, 0.15) is 38.8 Å². The summed E-state index contributed by atoms with van der Waals surface area (Å²) in [4.78, 5) is 0. The van der Waals surface area contributed by atoms with Crippen LogP contribution in [0.15, 0.2) is 48.5 Å². The topological polar surface area (TPSA) is 0 Å². The van der Waals surface area contributed by atoms with Crippen molar-refractivity contribution in [2.24, 2.45) is 11.8 Å². The fourth-order valence-corrected chi connectivity index (χ4v) is 2.70. The molecule has 2 rings (SSSR count). The number of rotatable bonds is 5. The van der Waals surface area contributed by atoms with E-state index in [0.717, 1.165) is 12.8 Å². The van der Waals surface area contributed by atoms with Crippen molar-refractivity contribution in [3.05, 3.63) is 59.7 Å². The molecule has 0 N–H and O–H groups in total. The molecule has 106 valence electrons. The molecule has 0 aliphatic rings. The van der Waals surface area contributed by atoms with E-state index >= 15 is 0 Å². The maximum Gasteiger partial charge on any atom is -0.0181 e. The van der Waals surface area contributed by atoms with Gasteiger partial charge in [0.2, 0.25) is 0 Å². The van der Waals surface area contributed by atoms with Gasteiger partial charge in [0.1, 0.15) is 0 Å². The molecule has 20 heavy (non-hydrogen) atoms. The molecule has 2 aromatic rings. The molecule has 0 fully saturated rings. The summed E-state index contributed by atoms with van der Waals surface area (Å²) in [7, 11) is 0. The molecule has 0 aromatic heterocycles. The first-order valence-electron chi connectivity index (χ1n) is 7.73. The van der Waals surface area contributed by atoms with Gasteiger partial charge in [0.05, 0.1) is 0 Å². The Morgan fingerprint density at radius 3 is 1.40 bits per heavy atom. The summed E-state index contributed by atoms with van der Waals surface area (Å²) in [5.41, 5.74) is 5.56. The van der Waals surface area contributed by atoms with E-state index in [0.29, 0.717) is 11.8 Å². The van der Waals surface area contributed by atoms with Gasteiger partial charge < -0.3 is 0 Å². The third kappa shape index (κ3) is 4.23. The van der Waals surface area contributed by atoms with Crippen LogP contribution >= 0.6 is 0 Å². The van der Waals surface area contributed by atoms with E-state index < -0.39 is 0 Å². The van der Waals surface area contributed by atoms with Crippen LogP contribution in [-0.2, 0) is 12.8 Å². The first-order chi connectivity index (χ1) is 9.54. The molecule has 0 aliphatic carbocycles. The summed E-state index contributed by atoms with van der Waals surface area (Å²) in [5, 5.41) is 0. The van der Waals surface area contributed by atoms with E-state index in [1.54, 1.807) is 0 Å². The Kier molecular flexibility index (Phi) is 5.00. The second-order valence-electron chi connectivity index (χ2n) is 6.60. The molecule has 0 heteroatoms. The SMILES string of the molecule is CC(C)Cc1cccc(-c2cccc(CC(C)C)c2)c1. The third-order valence-corrected chi connectivity index (χ3v) is 3.48. The minimum absolute atomic E-state index is 0.706. The van der Waals surface area contributed by atoms with E-state index in [-0.39, 0.29) is 0 Å². The van der Waals surface area contributed by atoms with Crippen LogP contribution in [0.25, 0.3) is 11.1 Å². The van der Waals surface area contributed by atoms with Gasteiger partial charge in [0, 0.05) is 0 Å². The largest absolute Gasteiger partial charge is 0.0625 e. The first kappa shape index (κ1) is 14.8. The zero-order valence-corrected chi connectivity index (χ0v) is 13.2. The number of hydrogen-bond acceptors (Lipinski definition) is 0. The van der Waals surface area contributed by atoms with Crippen molar-refractivity contribution in [3.63, 3.8) is 0 Å². The molecule has 0 unspecified atom stereocenters. The van der Waals surface area contributed by atoms with Crippen molar-refractivity contribution >= 4 is 0 Å². The maximum absolute atomic E-state index is 2.34. The van der Waals surface area contributed by atoms with E-state index in [2.05, 4.69) is 76.2 Å².